The first kappa shape index (κ1) is 33.3. The average Bonchev–Trinajstić information content (AvgIpc) is 2.97. The van der Waals surface area contributed by atoms with Gasteiger partial charge in [-0.25, -0.2) is 0 Å². The predicted octanol–water partition coefficient (Wildman–Crippen LogP) is 5.55. The van der Waals surface area contributed by atoms with Crippen molar-refractivity contribution in [1.29, 1.82) is 0 Å². The Balaban J connectivity index is 0.00000108. The van der Waals surface area contributed by atoms with E-state index in [-0.39, 0.29) is 5.92 Å². The summed E-state index contributed by atoms with van der Waals surface area (Å²) in [6.45, 7) is 5.97. The zero-order valence-corrected chi connectivity index (χ0v) is 28.2. The normalized spacial score (nSPS) is 15.5. The van der Waals surface area contributed by atoms with Crippen LogP contribution in [0.4, 0.5) is 0 Å². The number of likely N-dealkylation sites (tertiary alicyclic amines) is 1. The third kappa shape index (κ3) is 8.90. The van der Waals surface area contributed by atoms with Crippen LogP contribution in [-0.2, 0) is 15.8 Å². The Kier molecular flexibility index (Phi) is 12.5. The van der Waals surface area contributed by atoms with Gasteiger partial charge in [-0.15, -0.1) is 0 Å². The number of rotatable bonds is 10. The summed E-state index contributed by atoms with van der Waals surface area (Å²) in [5.74, 6) is -0.988. The van der Waals surface area contributed by atoms with E-state index in [2.05, 4.69) is 19.7 Å². The van der Waals surface area contributed by atoms with E-state index in [1.807, 2.05) is 72.8 Å². The first-order valence-corrected chi connectivity index (χ1v) is 23.3. The SMILES string of the molecule is CC(C)(C(=O)[O-])c1ccc(C(O)CCCN2CCC(C(O)(c3ccccc3)c3ccccc3)CC2)cc1.[CH3][Sn+]([CH3])[CH3]. The van der Waals surface area contributed by atoms with Crippen molar-refractivity contribution in [2.45, 2.75) is 71.5 Å². The van der Waals surface area contributed by atoms with E-state index in [0.717, 1.165) is 55.6 Å². The van der Waals surface area contributed by atoms with Gasteiger partial charge in [0, 0.05) is 5.41 Å². The number of hydrogen-bond donors (Lipinski definition) is 2. The summed E-state index contributed by atoms with van der Waals surface area (Å²) < 4.78 is 0. The fourth-order valence-corrected chi connectivity index (χ4v) is 5.51. The number of aliphatic hydroxyl groups excluding tert-OH is 1. The second kappa shape index (κ2) is 15.3. The van der Waals surface area contributed by atoms with Crippen molar-refractivity contribution in [1.82, 2.24) is 4.90 Å². The predicted molar refractivity (Wildman–Crippen MR) is 167 cm³/mol. The molecule has 1 heterocycles. The molecular weight excluding hydrogens is 617 g/mol. The van der Waals surface area contributed by atoms with Crippen molar-refractivity contribution >= 4 is 25.7 Å². The molecule has 4 rings (SSSR count). The van der Waals surface area contributed by atoms with Gasteiger partial charge in [-0.2, -0.15) is 0 Å². The molecule has 1 aliphatic heterocycles. The summed E-state index contributed by atoms with van der Waals surface area (Å²) in [6, 6.07) is 27.1. The van der Waals surface area contributed by atoms with E-state index in [0.29, 0.717) is 12.0 Å². The molecule has 0 aliphatic carbocycles. The summed E-state index contributed by atoms with van der Waals surface area (Å²) in [7, 11) is 0. The molecule has 5 nitrogen and oxygen atoms in total. The number of aliphatic carboxylic acids is 1. The minimum atomic E-state index is -1.12. The van der Waals surface area contributed by atoms with Crippen molar-refractivity contribution in [2.75, 3.05) is 19.6 Å². The number of carbonyl (C=O) groups excluding carboxylic acids is 1. The van der Waals surface area contributed by atoms with Crippen LogP contribution in [0.2, 0.25) is 14.8 Å². The van der Waals surface area contributed by atoms with Crippen LogP contribution in [0.15, 0.2) is 84.9 Å². The van der Waals surface area contributed by atoms with Crippen molar-refractivity contribution in [3.63, 3.8) is 0 Å². The molecule has 220 valence electrons. The fourth-order valence-electron chi connectivity index (χ4n) is 5.51. The number of carboxylic acid groups (broad SMARTS) is 1. The third-order valence-corrected chi connectivity index (χ3v) is 8.09. The molecule has 41 heavy (non-hydrogen) atoms. The monoisotopic (exact) mass is 665 g/mol. The summed E-state index contributed by atoms with van der Waals surface area (Å²) in [5, 5.41) is 34.1. The summed E-state index contributed by atoms with van der Waals surface area (Å²) in [5.41, 5.74) is 1.27. The van der Waals surface area contributed by atoms with Gasteiger partial charge in [0.25, 0.3) is 0 Å². The summed E-state index contributed by atoms with van der Waals surface area (Å²) in [4.78, 5) is 20.9. The van der Waals surface area contributed by atoms with Crippen LogP contribution >= 0.6 is 0 Å². The number of carbonyl (C=O) groups is 1. The third-order valence-electron chi connectivity index (χ3n) is 8.09. The van der Waals surface area contributed by atoms with E-state index in [9.17, 15) is 20.1 Å². The van der Waals surface area contributed by atoms with E-state index < -0.39 is 42.8 Å². The molecule has 1 unspecified atom stereocenters. The quantitative estimate of drug-likeness (QED) is 0.278. The van der Waals surface area contributed by atoms with Crippen LogP contribution in [0, 0.1) is 5.92 Å². The Morgan fingerprint density at radius 1 is 0.878 bits per heavy atom. The molecule has 0 amide bonds. The Labute approximate surface area is 254 Å². The van der Waals surface area contributed by atoms with E-state index in [1.54, 1.807) is 26.0 Å². The van der Waals surface area contributed by atoms with Crippen LogP contribution in [0.1, 0.15) is 67.9 Å². The molecule has 0 aromatic heterocycles. The van der Waals surface area contributed by atoms with Crippen molar-refractivity contribution in [3.8, 4) is 0 Å². The Hall–Kier alpha value is -2.19. The average molecular weight is 664 g/mol. The van der Waals surface area contributed by atoms with Gasteiger partial charge < -0.3 is 25.0 Å². The van der Waals surface area contributed by atoms with Gasteiger partial charge in [0.1, 0.15) is 5.60 Å². The standard InChI is InChI=1S/C32H39NO4.3CH3.Sn/c1-31(2,30(35)36)25-17-15-24(16-18-25)29(34)14-9-21-33-22-19-28(20-23-33)32(37,26-10-5-3-6-11-26)27-12-7-4-8-13-27;;;;/h3-8,10-13,15-18,28-29,34,37H,9,14,19-23H2,1-2H3,(H,35,36);3*1H3;/q;;;;+1/p-1. The molecule has 3 aromatic rings. The van der Waals surface area contributed by atoms with Gasteiger partial charge in [-0.3, -0.25) is 0 Å². The molecule has 3 aromatic carbocycles. The molecule has 0 bridgehead atoms. The Morgan fingerprint density at radius 3 is 1.78 bits per heavy atom. The van der Waals surface area contributed by atoms with Crippen LogP contribution in [0.25, 0.3) is 0 Å². The molecule has 0 saturated carbocycles. The Bertz CT molecular complexity index is 1150. The first-order valence-electron chi connectivity index (χ1n) is 14.8. The Morgan fingerprint density at radius 2 is 1.34 bits per heavy atom. The van der Waals surface area contributed by atoms with Gasteiger partial charge in [0.2, 0.25) is 0 Å². The second-order valence-electron chi connectivity index (χ2n) is 12.3. The minimum absolute atomic E-state index is 0.128. The maximum atomic E-state index is 12.1. The van der Waals surface area contributed by atoms with Crippen LogP contribution in [0.3, 0.4) is 0 Å². The zero-order chi connectivity index (χ0) is 30.0. The molecule has 1 saturated heterocycles. The van der Waals surface area contributed by atoms with E-state index in [4.69, 9.17) is 0 Å². The number of benzene rings is 3. The van der Waals surface area contributed by atoms with Gasteiger partial charge in [0.15, 0.2) is 0 Å². The number of nitrogens with zero attached hydrogens (tertiary/aromatic N) is 1. The molecule has 2 N–H and O–H groups in total. The van der Waals surface area contributed by atoms with Crippen LogP contribution in [0.5, 0.6) is 0 Å². The van der Waals surface area contributed by atoms with Crippen LogP contribution < -0.4 is 5.11 Å². The van der Waals surface area contributed by atoms with E-state index >= 15 is 0 Å². The van der Waals surface area contributed by atoms with Crippen molar-refractivity contribution < 1.29 is 20.1 Å². The molecule has 6 heteroatoms. The molecule has 1 atom stereocenters. The van der Waals surface area contributed by atoms with Gasteiger partial charge in [0.05, 0.1) is 12.1 Å². The fraction of sp³-hybridized carbons (Fsp3) is 0.457. The number of hydrogen-bond acceptors (Lipinski definition) is 5. The van der Waals surface area contributed by atoms with Gasteiger partial charge in [-0.1, -0.05) is 98.8 Å². The second-order valence-corrected chi connectivity index (χ2v) is 20.9. The molecule has 1 fully saturated rings. The van der Waals surface area contributed by atoms with Crippen molar-refractivity contribution in [3.05, 3.63) is 107 Å². The molecule has 0 radical (unpaired) electrons. The topological polar surface area (TPSA) is 83.8 Å². The summed E-state index contributed by atoms with van der Waals surface area (Å²) >= 11 is -0.543. The van der Waals surface area contributed by atoms with Crippen LogP contribution in [-0.4, -0.2) is 60.5 Å². The number of piperidine rings is 1. The van der Waals surface area contributed by atoms with Crippen molar-refractivity contribution in [2.24, 2.45) is 5.92 Å². The molecule has 0 spiro atoms. The first-order chi connectivity index (χ1) is 19.5. The molecular formula is C35H47NO4Sn. The maximum absolute atomic E-state index is 12.1. The van der Waals surface area contributed by atoms with Gasteiger partial charge in [-0.05, 0) is 73.5 Å². The van der Waals surface area contributed by atoms with E-state index in [1.165, 1.54) is 0 Å². The number of aliphatic hydroxyl groups is 2. The molecule has 1 aliphatic rings. The number of carboxylic acids is 1. The zero-order valence-electron chi connectivity index (χ0n) is 25.3. The summed E-state index contributed by atoms with van der Waals surface area (Å²) in [6.07, 6.45) is 2.72. The van der Waals surface area contributed by atoms with Gasteiger partial charge >= 0.3 is 34.6 Å².